The SMILES string of the molecule is Cc1ccc(C)c(OCC(=O)NC(CCCO)c2ccccc2)c1. The second kappa shape index (κ2) is 9.08. The lowest BCUT2D eigenvalue weighted by Crippen LogP contribution is -2.33. The topological polar surface area (TPSA) is 58.6 Å². The van der Waals surface area contributed by atoms with Crippen molar-refractivity contribution in [1.82, 2.24) is 5.32 Å². The van der Waals surface area contributed by atoms with Gasteiger partial charge in [-0.2, -0.15) is 0 Å². The van der Waals surface area contributed by atoms with Crippen LogP contribution in [0.25, 0.3) is 0 Å². The van der Waals surface area contributed by atoms with E-state index in [0.29, 0.717) is 12.8 Å². The largest absolute Gasteiger partial charge is 0.483 e. The molecular weight excluding hydrogens is 302 g/mol. The molecule has 1 amide bonds. The maximum absolute atomic E-state index is 12.3. The summed E-state index contributed by atoms with van der Waals surface area (Å²) in [5.74, 6) is 0.569. The molecule has 0 aliphatic carbocycles. The molecule has 128 valence electrons. The molecule has 0 spiro atoms. The van der Waals surface area contributed by atoms with Crippen molar-refractivity contribution in [2.75, 3.05) is 13.2 Å². The Kier molecular flexibility index (Phi) is 6.82. The van der Waals surface area contributed by atoms with Crippen LogP contribution in [0.4, 0.5) is 0 Å². The summed E-state index contributed by atoms with van der Waals surface area (Å²) in [4.78, 5) is 12.3. The van der Waals surface area contributed by atoms with E-state index in [-0.39, 0.29) is 25.2 Å². The minimum Gasteiger partial charge on any atom is -0.483 e. The number of aryl methyl sites for hydroxylation is 2. The van der Waals surface area contributed by atoms with Crippen LogP contribution in [0.15, 0.2) is 48.5 Å². The fourth-order valence-corrected chi connectivity index (χ4v) is 2.55. The zero-order chi connectivity index (χ0) is 17.4. The molecule has 4 nitrogen and oxygen atoms in total. The molecule has 0 bridgehead atoms. The fourth-order valence-electron chi connectivity index (χ4n) is 2.55. The number of nitrogens with one attached hydrogen (secondary N) is 1. The Morgan fingerprint density at radius 1 is 1.17 bits per heavy atom. The smallest absolute Gasteiger partial charge is 0.258 e. The molecule has 0 saturated heterocycles. The van der Waals surface area contributed by atoms with Gasteiger partial charge in [0.1, 0.15) is 5.75 Å². The standard InChI is InChI=1S/C20H25NO3/c1-15-10-11-16(2)19(13-15)24-14-20(23)21-18(9-6-12-22)17-7-4-3-5-8-17/h3-5,7-8,10-11,13,18,22H,6,9,12,14H2,1-2H3,(H,21,23). The van der Waals surface area contributed by atoms with Gasteiger partial charge in [0.2, 0.25) is 0 Å². The molecule has 2 rings (SSSR count). The summed E-state index contributed by atoms with van der Waals surface area (Å²) in [6.07, 6.45) is 1.33. The van der Waals surface area contributed by atoms with E-state index in [0.717, 1.165) is 22.4 Å². The summed E-state index contributed by atoms with van der Waals surface area (Å²) >= 11 is 0. The van der Waals surface area contributed by atoms with E-state index >= 15 is 0 Å². The molecule has 0 fully saturated rings. The summed E-state index contributed by atoms with van der Waals surface area (Å²) < 4.78 is 5.66. The second-order valence-electron chi connectivity index (χ2n) is 5.95. The molecule has 0 aromatic heterocycles. The van der Waals surface area contributed by atoms with E-state index in [2.05, 4.69) is 5.32 Å². The van der Waals surface area contributed by atoms with Gasteiger partial charge in [0.05, 0.1) is 6.04 Å². The van der Waals surface area contributed by atoms with Gasteiger partial charge in [-0.05, 0) is 49.4 Å². The van der Waals surface area contributed by atoms with E-state index in [4.69, 9.17) is 9.84 Å². The average Bonchev–Trinajstić information content (AvgIpc) is 2.60. The predicted octanol–water partition coefficient (Wildman–Crippen LogP) is 3.31. The first kappa shape index (κ1) is 18.0. The van der Waals surface area contributed by atoms with Gasteiger partial charge in [0.25, 0.3) is 5.91 Å². The normalized spacial score (nSPS) is 11.8. The van der Waals surface area contributed by atoms with E-state index in [9.17, 15) is 4.79 Å². The van der Waals surface area contributed by atoms with Gasteiger partial charge in [-0.25, -0.2) is 0 Å². The second-order valence-corrected chi connectivity index (χ2v) is 5.95. The Morgan fingerprint density at radius 2 is 1.92 bits per heavy atom. The highest BCUT2D eigenvalue weighted by Crippen LogP contribution is 2.20. The van der Waals surface area contributed by atoms with Crippen LogP contribution in [0.3, 0.4) is 0 Å². The van der Waals surface area contributed by atoms with Crippen molar-refractivity contribution < 1.29 is 14.6 Å². The summed E-state index contributed by atoms with van der Waals surface area (Å²) in [5.41, 5.74) is 3.14. The number of carbonyl (C=O) groups excluding carboxylic acids is 1. The third-order valence-electron chi connectivity index (χ3n) is 3.89. The number of carbonyl (C=O) groups is 1. The number of hydrogen-bond donors (Lipinski definition) is 2. The number of rotatable bonds is 8. The highest BCUT2D eigenvalue weighted by Gasteiger charge is 2.14. The van der Waals surface area contributed by atoms with Crippen LogP contribution in [-0.4, -0.2) is 24.2 Å². The number of amides is 1. The van der Waals surface area contributed by atoms with Crippen molar-refractivity contribution in [3.63, 3.8) is 0 Å². The van der Waals surface area contributed by atoms with Gasteiger partial charge in [-0.1, -0.05) is 42.5 Å². The van der Waals surface area contributed by atoms with Crippen molar-refractivity contribution in [2.45, 2.75) is 32.7 Å². The van der Waals surface area contributed by atoms with Gasteiger partial charge in [0, 0.05) is 6.61 Å². The van der Waals surface area contributed by atoms with Crippen LogP contribution >= 0.6 is 0 Å². The number of benzene rings is 2. The average molecular weight is 327 g/mol. The molecular formula is C20H25NO3. The first-order chi connectivity index (χ1) is 11.6. The van der Waals surface area contributed by atoms with Crippen molar-refractivity contribution >= 4 is 5.91 Å². The molecule has 0 heterocycles. The lowest BCUT2D eigenvalue weighted by Gasteiger charge is -2.19. The number of hydrogen-bond acceptors (Lipinski definition) is 3. The molecule has 0 aliphatic rings. The lowest BCUT2D eigenvalue weighted by molar-refractivity contribution is -0.123. The van der Waals surface area contributed by atoms with E-state index < -0.39 is 0 Å². The molecule has 2 aromatic carbocycles. The van der Waals surface area contributed by atoms with Gasteiger partial charge in [0.15, 0.2) is 6.61 Å². The number of aliphatic hydroxyl groups is 1. The van der Waals surface area contributed by atoms with E-state index in [1.165, 1.54) is 0 Å². The van der Waals surface area contributed by atoms with Gasteiger partial charge in [-0.3, -0.25) is 4.79 Å². The first-order valence-electron chi connectivity index (χ1n) is 8.25. The van der Waals surface area contributed by atoms with Crippen LogP contribution in [-0.2, 0) is 4.79 Å². The van der Waals surface area contributed by atoms with Crippen LogP contribution in [0.5, 0.6) is 5.75 Å². The molecule has 0 radical (unpaired) electrons. The van der Waals surface area contributed by atoms with Crippen molar-refractivity contribution in [1.29, 1.82) is 0 Å². The Balaban J connectivity index is 1.96. The minimum atomic E-state index is -0.164. The summed E-state index contributed by atoms with van der Waals surface area (Å²) in [5, 5.41) is 12.1. The summed E-state index contributed by atoms with van der Waals surface area (Å²) in [6.45, 7) is 4.04. The van der Waals surface area contributed by atoms with Crippen LogP contribution < -0.4 is 10.1 Å². The third-order valence-corrected chi connectivity index (χ3v) is 3.89. The Hall–Kier alpha value is -2.33. The van der Waals surface area contributed by atoms with Crippen LogP contribution in [0.1, 0.15) is 35.6 Å². The molecule has 0 aliphatic heterocycles. The van der Waals surface area contributed by atoms with Crippen LogP contribution in [0, 0.1) is 13.8 Å². The molecule has 24 heavy (non-hydrogen) atoms. The van der Waals surface area contributed by atoms with E-state index in [1.807, 2.05) is 62.4 Å². The highest BCUT2D eigenvalue weighted by atomic mass is 16.5. The Bertz CT molecular complexity index is 655. The molecule has 2 aromatic rings. The fraction of sp³-hybridized carbons (Fsp3) is 0.350. The maximum atomic E-state index is 12.3. The molecule has 0 saturated carbocycles. The molecule has 1 unspecified atom stereocenters. The molecule has 1 atom stereocenters. The number of aliphatic hydroxyl groups excluding tert-OH is 1. The minimum absolute atomic E-state index is 0.0211. The lowest BCUT2D eigenvalue weighted by atomic mass is 10.0. The number of ether oxygens (including phenoxy) is 1. The van der Waals surface area contributed by atoms with Crippen molar-refractivity contribution in [3.8, 4) is 5.75 Å². The summed E-state index contributed by atoms with van der Waals surface area (Å²) in [7, 11) is 0. The predicted molar refractivity (Wildman–Crippen MR) is 95.1 cm³/mol. The zero-order valence-corrected chi connectivity index (χ0v) is 14.3. The molecule has 2 N–H and O–H groups in total. The van der Waals surface area contributed by atoms with Gasteiger partial charge in [-0.15, -0.1) is 0 Å². The van der Waals surface area contributed by atoms with E-state index in [1.54, 1.807) is 0 Å². The van der Waals surface area contributed by atoms with Gasteiger partial charge < -0.3 is 15.2 Å². The van der Waals surface area contributed by atoms with Crippen molar-refractivity contribution in [3.05, 3.63) is 65.2 Å². The molecule has 4 heteroatoms. The summed E-state index contributed by atoms with van der Waals surface area (Å²) in [6, 6.07) is 15.6. The van der Waals surface area contributed by atoms with Crippen molar-refractivity contribution in [2.24, 2.45) is 0 Å². The quantitative estimate of drug-likeness (QED) is 0.782. The van der Waals surface area contributed by atoms with Crippen LogP contribution in [0.2, 0.25) is 0 Å². The highest BCUT2D eigenvalue weighted by molar-refractivity contribution is 5.78. The zero-order valence-electron chi connectivity index (χ0n) is 14.3. The monoisotopic (exact) mass is 327 g/mol. The maximum Gasteiger partial charge on any atom is 0.258 e. The Morgan fingerprint density at radius 3 is 2.62 bits per heavy atom. The third kappa shape index (κ3) is 5.39. The van der Waals surface area contributed by atoms with Gasteiger partial charge >= 0.3 is 0 Å². The first-order valence-corrected chi connectivity index (χ1v) is 8.25. The Labute approximate surface area is 143 Å².